The molecule has 4 aromatic rings. The van der Waals surface area contributed by atoms with Crippen LogP contribution in [0.4, 0.5) is 8.78 Å². The second-order valence-corrected chi connectivity index (χ2v) is 7.54. The minimum atomic E-state index is -1.12. The highest BCUT2D eigenvalue weighted by atomic mass is 19.1. The predicted molar refractivity (Wildman–Crippen MR) is 121 cm³/mol. The number of hydrogen-bond acceptors (Lipinski definition) is 8. The highest BCUT2D eigenvalue weighted by molar-refractivity contribution is 5.74. The Hall–Kier alpha value is -3.58. The summed E-state index contributed by atoms with van der Waals surface area (Å²) in [6, 6.07) is 8.29. The van der Waals surface area contributed by atoms with Crippen LogP contribution < -0.4 is 11.1 Å². The summed E-state index contributed by atoms with van der Waals surface area (Å²) in [5.74, 6) is -1.01. The van der Waals surface area contributed by atoms with Crippen molar-refractivity contribution in [2.45, 2.75) is 25.7 Å². The molecule has 5 rings (SSSR count). The van der Waals surface area contributed by atoms with Crippen LogP contribution in [0, 0.1) is 11.6 Å². The molecule has 1 saturated heterocycles. The van der Waals surface area contributed by atoms with Crippen LogP contribution in [0.1, 0.15) is 0 Å². The average molecular weight is 488 g/mol. The molecule has 184 valence electrons. The number of hydrogen-bond donors (Lipinski definition) is 1. The van der Waals surface area contributed by atoms with Gasteiger partial charge in [0.1, 0.15) is 11.6 Å². The number of aliphatic hydroxyl groups is 1. The van der Waals surface area contributed by atoms with Gasteiger partial charge < -0.3 is 28.5 Å². The molecule has 0 radical (unpaired) electrons. The van der Waals surface area contributed by atoms with E-state index in [2.05, 4.69) is 14.7 Å². The Bertz CT molecular complexity index is 1450. The number of fused-ring (bicyclic) bond motifs is 2. The molecule has 1 N–H and O–H groups in total. The first kappa shape index (κ1) is 24.5. The minimum Gasteiger partial charge on any atom is -0.366 e. The zero-order valence-electron chi connectivity index (χ0n) is 18.6. The van der Waals surface area contributed by atoms with Gasteiger partial charge in [0.2, 0.25) is 0 Å². The molecule has 4 aromatic heterocycles. The maximum atomic E-state index is 13.2. The van der Waals surface area contributed by atoms with E-state index < -0.39 is 24.2 Å². The smallest absolute Gasteiger partial charge is 0.251 e. The third-order valence-electron chi connectivity index (χ3n) is 5.24. The average Bonchev–Trinajstić information content (AvgIpc) is 3.36. The Balaban J connectivity index is 0.000000165. The molecule has 1 aliphatic heterocycles. The molecule has 0 saturated carbocycles. The summed E-state index contributed by atoms with van der Waals surface area (Å²) >= 11 is 0. The zero-order valence-corrected chi connectivity index (χ0v) is 18.6. The van der Waals surface area contributed by atoms with Crippen LogP contribution in [0.3, 0.4) is 0 Å². The lowest BCUT2D eigenvalue weighted by Crippen LogP contribution is -2.27. The summed E-state index contributed by atoms with van der Waals surface area (Å²) in [7, 11) is 1.32. The number of halogens is 2. The normalized spacial score (nSPS) is 14.7. The molecule has 0 spiro atoms. The van der Waals surface area contributed by atoms with E-state index in [1.54, 1.807) is 6.07 Å². The van der Waals surface area contributed by atoms with Crippen LogP contribution in [0.25, 0.3) is 22.1 Å². The Morgan fingerprint density at radius 2 is 1.49 bits per heavy atom. The molecule has 5 heterocycles. The molecule has 12 heteroatoms. The van der Waals surface area contributed by atoms with Gasteiger partial charge in [0, 0.05) is 31.4 Å². The molecule has 35 heavy (non-hydrogen) atoms. The van der Waals surface area contributed by atoms with Crippen molar-refractivity contribution >= 4 is 22.1 Å². The molecule has 1 fully saturated rings. The van der Waals surface area contributed by atoms with Gasteiger partial charge in [-0.25, -0.2) is 8.78 Å². The quantitative estimate of drug-likeness (QED) is 0.419. The van der Waals surface area contributed by atoms with E-state index >= 15 is 0 Å². The van der Waals surface area contributed by atoms with Gasteiger partial charge >= 0.3 is 0 Å². The molecule has 0 aromatic carbocycles. The van der Waals surface area contributed by atoms with Crippen molar-refractivity contribution in [2.24, 2.45) is 0 Å². The third-order valence-corrected chi connectivity index (χ3v) is 5.24. The lowest BCUT2D eigenvalue weighted by molar-refractivity contribution is -0.0832. The summed E-state index contributed by atoms with van der Waals surface area (Å²) in [6.45, 7) is 1.19. The van der Waals surface area contributed by atoms with E-state index in [1.165, 1.54) is 46.6 Å². The maximum absolute atomic E-state index is 13.2. The molecule has 0 amide bonds. The summed E-state index contributed by atoms with van der Waals surface area (Å²) in [5, 5.41) is 9.37. The standard InChI is InChI=1S/C12H11FN2O3.C11H11FN2O3/c13-8-5-10-9(14-6-8)1-2-11(16)15(10)7-12-17-3-4-18-12;1-17-11(16)6-14-9-4-7(12)5-13-8(9)2-3-10(14)15/h1-2,5-6,12H,3-4,7H2;2-5,11,16H,6H2,1H3. The minimum absolute atomic E-state index is 0.0716. The lowest BCUT2D eigenvalue weighted by atomic mass is 10.3. The number of aromatic nitrogens is 4. The number of pyridine rings is 4. The highest BCUT2D eigenvalue weighted by Gasteiger charge is 2.18. The van der Waals surface area contributed by atoms with Gasteiger partial charge in [-0.2, -0.15) is 0 Å². The van der Waals surface area contributed by atoms with Gasteiger partial charge in [0.05, 0.1) is 60.8 Å². The van der Waals surface area contributed by atoms with E-state index in [4.69, 9.17) is 9.47 Å². The lowest BCUT2D eigenvalue weighted by Gasteiger charge is -2.13. The number of ether oxygens (including phenoxy) is 3. The van der Waals surface area contributed by atoms with Crippen LogP contribution in [-0.2, 0) is 27.3 Å². The van der Waals surface area contributed by atoms with Crippen molar-refractivity contribution in [3.05, 3.63) is 81.1 Å². The fourth-order valence-corrected chi connectivity index (χ4v) is 3.55. The summed E-state index contributed by atoms with van der Waals surface area (Å²) < 4.78 is 44.2. The summed E-state index contributed by atoms with van der Waals surface area (Å²) in [6.07, 6.45) is 0.613. The molecular weight excluding hydrogens is 466 g/mol. The van der Waals surface area contributed by atoms with E-state index in [0.29, 0.717) is 35.3 Å². The van der Waals surface area contributed by atoms with Crippen LogP contribution >= 0.6 is 0 Å². The molecule has 1 atom stereocenters. The second-order valence-electron chi connectivity index (χ2n) is 7.54. The molecule has 0 aliphatic carbocycles. The number of aliphatic hydroxyl groups excluding tert-OH is 1. The molecular formula is C23H22F2N4O6. The van der Waals surface area contributed by atoms with Gasteiger partial charge in [-0.05, 0) is 12.1 Å². The largest absolute Gasteiger partial charge is 0.366 e. The van der Waals surface area contributed by atoms with E-state index in [0.717, 1.165) is 12.4 Å². The first-order valence-corrected chi connectivity index (χ1v) is 10.6. The van der Waals surface area contributed by atoms with Crippen LogP contribution in [0.5, 0.6) is 0 Å². The van der Waals surface area contributed by atoms with Crippen molar-refractivity contribution in [3.63, 3.8) is 0 Å². The maximum Gasteiger partial charge on any atom is 0.251 e. The summed E-state index contributed by atoms with van der Waals surface area (Å²) in [4.78, 5) is 31.3. The van der Waals surface area contributed by atoms with Crippen molar-refractivity contribution in [2.75, 3.05) is 20.3 Å². The van der Waals surface area contributed by atoms with Gasteiger partial charge in [-0.1, -0.05) is 0 Å². The number of methoxy groups -OCH3 is 1. The van der Waals surface area contributed by atoms with Gasteiger partial charge in [-0.3, -0.25) is 19.6 Å². The monoisotopic (exact) mass is 488 g/mol. The SMILES string of the molecule is COC(O)Cn1c(=O)ccc2ncc(F)cc21.O=c1ccc2ncc(F)cc2n1CC1OCCO1. The zero-order chi connectivity index (χ0) is 24.9. The van der Waals surface area contributed by atoms with Gasteiger partial charge in [0.15, 0.2) is 12.6 Å². The highest BCUT2D eigenvalue weighted by Crippen LogP contribution is 2.14. The van der Waals surface area contributed by atoms with Crippen molar-refractivity contribution < 1.29 is 28.1 Å². The topological polar surface area (TPSA) is 118 Å². The first-order chi connectivity index (χ1) is 16.9. The first-order valence-electron chi connectivity index (χ1n) is 10.6. The fraction of sp³-hybridized carbons (Fsp3) is 0.304. The van der Waals surface area contributed by atoms with E-state index in [1.807, 2.05) is 0 Å². The van der Waals surface area contributed by atoms with E-state index in [-0.39, 0.29) is 24.2 Å². The Morgan fingerprint density at radius 3 is 2.03 bits per heavy atom. The molecule has 0 bridgehead atoms. The Kier molecular flexibility index (Phi) is 7.56. The van der Waals surface area contributed by atoms with Crippen molar-refractivity contribution in [1.82, 2.24) is 19.1 Å². The second kappa shape index (κ2) is 10.8. The predicted octanol–water partition coefficient (Wildman–Crippen LogP) is 1.41. The number of rotatable bonds is 5. The van der Waals surface area contributed by atoms with Crippen molar-refractivity contribution in [3.8, 4) is 0 Å². The van der Waals surface area contributed by atoms with Crippen LogP contribution in [-0.4, -0.2) is 57.1 Å². The van der Waals surface area contributed by atoms with Gasteiger partial charge in [-0.15, -0.1) is 0 Å². The molecule has 1 unspecified atom stereocenters. The summed E-state index contributed by atoms with van der Waals surface area (Å²) in [5.41, 5.74) is 1.24. The fourth-order valence-electron chi connectivity index (χ4n) is 3.55. The Labute approximate surface area is 196 Å². The Morgan fingerprint density at radius 1 is 0.971 bits per heavy atom. The van der Waals surface area contributed by atoms with Gasteiger partial charge in [0.25, 0.3) is 11.1 Å². The molecule has 1 aliphatic rings. The molecule has 10 nitrogen and oxygen atoms in total. The van der Waals surface area contributed by atoms with Crippen LogP contribution in [0.2, 0.25) is 0 Å². The van der Waals surface area contributed by atoms with Crippen LogP contribution in [0.15, 0.2) is 58.4 Å². The third kappa shape index (κ3) is 5.74. The van der Waals surface area contributed by atoms with Crippen molar-refractivity contribution in [1.29, 1.82) is 0 Å². The number of nitrogens with zero attached hydrogens (tertiary/aromatic N) is 4. The van der Waals surface area contributed by atoms with E-state index in [9.17, 15) is 23.5 Å².